The summed E-state index contributed by atoms with van der Waals surface area (Å²) in [5.74, 6) is -0.437. The van der Waals surface area contributed by atoms with E-state index in [9.17, 15) is 9.59 Å². The Balaban J connectivity index is 1.93. The second-order valence-electron chi connectivity index (χ2n) is 5.50. The Bertz CT molecular complexity index is 563. The third-order valence-corrected chi connectivity index (χ3v) is 4.67. The minimum absolute atomic E-state index is 0.107. The summed E-state index contributed by atoms with van der Waals surface area (Å²) >= 11 is 11.7. The number of benzene rings is 1. The number of likely N-dealkylation sites (tertiary alicyclic amines) is 1. The van der Waals surface area contributed by atoms with Crippen molar-refractivity contribution in [1.29, 1.82) is 0 Å². The first-order valence-corrected chi connectivity index (χ1v) is 8.31. The summed E-state index contributed by atoms with van der Waals surface area (Å²) in [6, 6.07) is 5.10. The molecule has 1 aliphatic heterocycles. The number of anilines is 1. The van der Waals surface area contributed by atoms with E-state index in [2.05, 4.69) is 12.2 Å². The van der Waals surface area contributed by atoms with Gasteiger partial charge in [0, 0.05) is 18.3 Å². The Morgan fingerprint density at radius 1 is 1.27 bits per heavy atom. The summed E-state index contributed by atoms with van der Waals surface area (Å²) in [5, 5.41) is 3.48. The fraction of sp³-hybridized carbons (Fsp3) is 0.500. The summed E-state index contributed by atoms with van der Waals surface area (Å²) < 4.78 is 0. The highest BCUT2D eigenvalue weighted by molar-refractivity contribution is 6.42. The van der Waals surface area contributed by atoms with E-state index in [1.807, 2.05) is 4.90 Å². The summed E-state index contributed by atoms with van der Waals surface area (Å²) in [6.07, 6.45) is 3.97. The predicted octanol–water partition coefficient (Wildman–Crippen LogP) is 4.11. The minimum Gasteiger partial charge on any atom is -0.339 e. The van der Waals surface area contributed by atoms with Crippen LogP contribution in [0.25, 0.3) is 0 Å². The number of carbonyl (C=O) groups is 2. The van der Waals surface area contributed by atoms with Crippen LogP contribution in [0.15, 0.2) is 18.2 Å². The van der Waals surface area contributed by atoms with Gasteiger partial charge in [0.15, 0.2) is 0 Å². The zero-order valence-corrected chi connectivity index (χ0v) is 14.1. The molecule has 0 aromatic heterocycles. The van der Waals surface area contributed by atoms with E-state index >= 15 is 0 Å². The first-order chi connectivity index (χ1) is 10.5. The molecule has 120 valence electrons. The Kier molecular flexibility index (Phi) is 6.09. The molecule has 0 spiro atoms. The van der Waals surface area contributed by atoms with E-state index in [1.165, 1.54) is 0 Å². The first kappa shape index (κ1) is 17.1. The number of halogens is 2. The molecule has 0 aliphatic carbocycles. The SMILES string of the molecule is CCC1CCCCN1C(=O)CC(=O)Nc1ccc(Cl)c(Cl)c1. The van der Waals surface area contributed by atoms with Crippen LogP contribution in [0.2, 0.25) is 10.0 Å². The summed E-state index contributed by atoms with van der Waals surface area (Å²) in [7, 11) is 0. The molecule has 0 saturated carbocycles. The van der Waals surface area contributed by atoms with E-state index in [1.54, 1.807) is 18.2 Å². The molecule has 2 amide bonds. The maximum Gasteiger partial charge on any atom is 0.233 e. The van der Waals surface area contributed by atoms with Crippen LogP contribution in [0, 0.1) is 0 Å². The number of rotatable bonds is 4. The Hall–Kier alpha value is -1.26. The third kappa shape index (κ3) is 4.37. The number of hydrogen-bond acceptors (Lipinski definition) is 2. The van der Waals surface area contributed by atoms with Crippen molar-refractivity contribution in [3.05, 3.63) is 28.2 Å². The molecule has 1 unspecified atom stereocenters. The van der Waals surface area contributed by atoms with Crippen molar-refractivity contribution in [2.45, 2.75) is 45.1 Å². The van der Waals surface area contributed by atoms with E-state index in [0.717, 1.165) is 32.2 Å². The van der Waals surface area contributed by atoms with E-state index < -0.39 is 0 Å². The molecular formula is C16H20Cl2N2O2. The fourth-order valence-corrected chi connectivity index (χ4v) is 3.07. The van der Waals surface area contributed by atoms with Crippen molar-refractivity contribution in [1.82, 2.24) is 4.90 Å². The summed E-state index contributed by atoms with van der Waals surface area (Å²) in [4.78, 5) is 26.2. The predicted molar refractivity (Wildman–Crippen MR) is 89.4 cm³/mol. The van der Waals surface area contributed by atoms with Crippen LogP contribution in [0.5, 0.6) is 0 Å². The van der Waals surface area contributed by atoms with E-state index in [0.29, 0.717) is 15.7 Å². The number of carbonyl (C=O) groups excluding carboxylic acids is 2. The van der Waals surface area contributed by atoms with Crippen LogP contribution >= 0.6 is 23.2 Å². The number of nitrogens with one attached hydrogen (secondary N) is 1. The van der Waals surface area contributed by atoms with Gasteiger partial charge >= 0.3 is 0 Å². The van der Waals surface area contributed by atoms with E-state index in [-0.39, 0.29) is 24.3 Å². The van der Waals surface area contributed by atoms with Crippen LogP contribution in [0.4, 0.5) is 5.69 Å². The monoisotopic (exact) mass is 342 g/mol. The van der Waals surface area contributed by atoms with E-state index in [4.69, 9.17) is 23.2 Å². The number of hydrogen-bond donors (Lipinski definition) is 1. The topological polar surface area (TPSA) is 49.4 Å². The average Bonchev–Trinajstić information content (AvgIpc) is 2.50. The highest BCUT2D eigenvalue weighted by Gasteiger charge is 2.26. The quantitative estimate of drug-likeness (QED) is 0.837. The highest BCUT2D eigenvalue weighted by Crippen LogP contribution is 2.25. The molecule has 0 bridgehead atoms. The number of nitrogens with zero attached hydrogens (tertiary/aromatic N) is 1. The smallest absolute Gasteiger partial charge is 0.233 e. The van der Waals surface area contributed by atoms with Crippen LogP contribution in [-0.4, -0.2) is 29.3 Å². The number of amides is 2. The van der Waals surface area contributed by atoms with Gasteiger partial charge in [0.2, 0.25) is 11.8 Å². The first-order valence-electron chi connectivity index (χ1n) is 7.55. The Morgan fingerprint density at radius 3 is 2.73 bits per heavy atom. The maximum atomic E-state index is 12.3. The van der Waals surface area contributed by atoms with Crippen molar-refractivity contribution in [2.24, 2.45) is 0 Å². The molecule has 4 nitrogen and oxygen atoms in total. The van der Waals surface area contributed by atoms with Crippen LogP contribution in [-0.2, 0) is 9.59 Å². The van der Waals surface area contributed by atoms with Gasteiger partial charge in [-0.3, -0.25) is 9.59 Å². The van der Waals surface area contributed by atoms with Gasteiger partial charge in [-0.2, -0.15) is 0 Å². The van der Waals surface area contributed by atoms with Crippen LogP contribution in [0.1, 0.15) is 39.0 Å². The van der Waals surface area contributed by atoms with Gasteiger partial charge in [-0.05, 0) is 43.9 Å². The van der Waals surface area contributed by atoms with Gasteiger partial charge in [-0.25, -0.2) is 0 Å². The number of piperidine rings is 1. The van der Waals surface area contributed by atoms with Gasteiger partial charge < -0.3 is 10.2 Å². The highest BCUT2D eigenvalue weighted by atomic mass is 35.5. The standard InChI is InChI=1S/C16H20Cl2N2O2/c1-2-12-5-3-4-8-20(12)16(22)10-15(21)19-11-6-7-13(17)14(18)9-11/h6-7,9,12H,2-5,8,10H2,1H3,(H,19,21). The Morgan fingerprint density at radius 2 is 2.05 bits per heavy atom. The lowest BCUT2D eigenvalue weighted by atomic mass is 9.99. The maximum absolute atomic E-state index is 12.3. The lowest BCUT2D eigenvalue weighted by Crippen LogP contribution is -2.44. The molecule has 0 radical (unpaired) electrons. The van der Waals surface area contributed by atoms with Crippen LogP contribution < -0.4 is 5.32 Å². The zero-order valence-electron chi connectivity index (χ0n) is 12.6. The molecule has 1 atom stereocenters. The molecule has 1 heterocycles. The van der Waals surface area contributed by atoms with Gasteiger partial charge in [0.25, 0.3) is 0 Å². The van der Waals surface area contributed by atoms with Crippen molar-refractivity contribution in [2.75, 3.05) is 11.9 Å². The van der Waals surface area contributed by atoms with Crippen molar-refractivity contribution >= 4 is 40.7 Å². The second-order valence-corrected chi connectivity index (χ2v) is 6.31. The molecule has 1 aromatic rings. The zero-order chi connectivity index (χ0) is 16.1. The van der Waals surface area contributed by atoms with Crippen molar-refractivity contribution in [3.63, 3.8) is 0 Å². The largest absolute Gasteiger partial charge is 0.339 e. The fourth-order valence-electron chi connectivity index (χ4n) is 2.77. The molecule has 1 fully saturated rings. The van der Waals surface area contributed by atoms with Gasteiger partial charge in [0.1, 0.15) is 6.42 Å². The van der Waals surface area contributed by atoms with Crippen molar-refractivity contribution < 1.29 is 9.59 Å². The van der Waals surface area contributed by atoms with Gasteiger partial charge in [0.05, 0.1) is 10.0 Å². The molecule has 1 aliphatic rings. The van der Waals surface area contributed by atoms with Gasteiger partial charge in [-0.15, -0.1) is 0 Å². The molecular weight excluding hydrogens is 323 g/mol. The normalized spacial score (nSPS) is 18.1. The minimum atomic E-state index is -0.330. The molecule has 6 heteroatoms. The van der Waals surface area contributed by atoms with Crippen LogP contribution in [0.3, 0.4) is 0 Å². The molecule has 22 heavy (non-hydrogen) atoms. The molecule has 1 saturated heterocycles. The molecule has 1 aromatic carbocycles. The third-order valence-electron chi connectivity index (χ3n) is 3.93. The van der Waals surface area contributed by atoms with Gasteiger partial charge in [-0.1, -0.05) is 30.1 Å². The Labute approximate surface area is 140 Å². The summed E-state index contributed by atoms with van der Waals surface area (Å²) in [6.45, 7) is 2.82. The summed E-state index contributed by atoms with van der Waals surface area (Å²) in [5.41, 5.74) is 0.540. The molecule has 2 rings (SSSR count). The second kappa shape index (κ2) is 7.84. The molecule has 1 N–H and O–H groups in total. The average molecular weight is 343 g/mol. The lowest BCUT2D eigenvalue weighted by Gasteiger charge is -2.35. The van der Waals surface area contributed by atoms with Crippen molar-refractivity contribution in [3.8, 4) is 0 Å². The lowest BCUT2D eigenvalue weighted by molar-refractivity contribution is -0.137.